The first-order valence-corrected chi connectivity index (χ1v) is 8.47. The van der Waals surface area contributed by atoms with Crippen molar-refractivity contribution >= 4 is 0 Å². The maximum absolute atomic E-state index is 9.88. The second-order valence-corrected chi connectivity index (χ2v) is 7.70. The van der Waals surface area contributed by atoms with E-state index in [-0.39, 0.29) is 10.8 Å². The number of benzene rings is 2. The highest BCUT2D eigenvalue weighted by atomic mass is 16.5. The molecule has 1 aliphatic carbocycles. The Morgan fingerprint density at radius 2 is 1.88 bits per heavy atom. The van der Waals surface area contributed by atoms with Gasteiger partial charge in [-0.3, -0.25) is 0 Å². The summed E-state index contributed by atoms with van der Waals surface area (Å²) >= 11 is 0. The van der Waals surface area contributed by atoms with E-state index in [1.165, 1.54) is 16.7 Å². The van der Waals surface area contributed by atoms with Crippen molar-refractivity contribution in [1.82, 2.24) is 0 Å². The van der Waals surface area contributed by atoms with Crippen LogP contribution in [0.25, 0.3) is 0 Å². The van der Waals surface area contributed by atoms with Crippen LogP contribution in [0, 0.1) is 6.92 Å². The molecule has 0 radical (unpaired) electrons. The second kappa shape index (κ2) is 5.70. The normalized spacial score (nSPS) is 21.3. The zero-order valence-corrected chi connectivity index (χ0v) is 15.0. The Hall–Kier alpha value is -2.22. The van der Waals surface area contributed by atoms with Gasteiger partial charge in [-0.25, -0.2) is 0 Å². The van der Waals surface area contributed by atoms with E-state index in [4.69, 9.17) is 4.74 Å². The van der Waals surface area contributed by atoms with E-state index >= 15 is 0 Å². The van der Waals surface area contributed by atoms with Crippen LogP contribution in [0.15, 0.2) is 49.1 Å². The SMILES string of the molecule is C=CCOc1ccc2c(c1)C(C)(c1ccc(O)c(C)c1)CC2(C)C. The van der Waals surface area contributed by atoms with Crippen molar-refractivity contribution < 1.29 is 9.84 Å². The number of fused-ring (bicyclic) bond motifs is 1. The molecule has 0 heterocycles. The molecule has 2 aromatic rings. The lowest BCUT2D eigenvalue weighted by Crippen LogP contribution is -2.23. The number of ether oxygens (including phenoxy) is 1. The van der Waals surface area contributed by atoms with Crippen LogP contribution < -0.4 is 4.74 Å². The molecule has 0 saturated heterocycles. The summed E-state index contributed by atoms with van der Waals surface area (Å²) < 4.78 is 5.76. The molecule has 2 aromatic carbocycles. The molecule has 0 bridgehead atoms. The van der Waals surface area contributed by atoms with E-state index in [2.05, 4.69) is 51.6 Å². The molecule has 2 nitrogen and oxygen atoms in total. The van der Waals surface area contributed by atoms with Crippen molar-refractivity contribution in [3.8, 4) is 11.5 Å². The Morgan fingerprint density at radius 3 is 2.54 bits per heavy atom. The largest absolute Gasteiger partial charge is 0.508 e. The minimum Gasteiger partial charge on any atom is -0.508 e. The lowest BCUT2D eigenvalue weighted by molar-refractivity contribution is 0.362. The van der Waals surface area contributed by atoms with Crippen LogP contribution in [-0.4, -0.2) is 11.7 Å². The average molecular weight is 322 g/mol. The molecule has 1 atom stereocenters. The minimum atomic E-state index is -0.0924. The van der Waals surface area contributed by atoms with Crippen molar-refractivity contribution in [2.24, 2.45) is 0 Å². The Morgan fingerprint density at radius 1 is 1.12 bits per heavy atom. The molecule has 126 valence electrons. The summed E-state index contributed by atoms with van der Waals surface area (Å²) in [6.45, 7) is 13.1. The molecule has 1 unspecified atom stereocenters. The summed E-state index contributed by atoms with van der Waals surface area (Å²) in [4.78, 5) is 0. The number of rotatable bonds is 4. The smallest absolute Gasteiger partial charge is 0.120 e. The maximum atomic E-state index is 9.88. The van der Waals surface area contributed by atoms with Crippen LogP contribution in [-0.2, 0) is 10.8 Å². The fourth-order valence-electron chi connectivity index (χ4n) is 4.15. The molecule has 0 aromatic heterocycles. The molecule has 2 heteroatoms. The fraction of sp³-hybridized carbons (Fsp3) is 0.364. The van der Waals surface area contributed by atoms with Crippen molar-refractivity contribution in [2.75, 3.05) is 6.61 Å². The highest BCUT2D eigenvalue weighted by Crippen LogP contribution is 2.53. The zero-order chi connectivity index (χ0) is 17.5. The monoisotopic (exact) mass is 322 g/mol. The lowest BCUT2D eigenvalue weighted by Gasteiger charge is -2.29. The van der Waals surface area contributed by atoms with Crippen LogP contribution in [0.4, 0.5) is 0 Å². The third-order valence-electron chi connectivity index (χ3n) is 5.31. The predicted molar refractivity (Wildman–Crippen MR) is 99.1 cm³/mol. The van der Waals surface area contributed by atoms with Crippen molar-refractivity contribution in [3.63, 3.8) is 0 Å². The van der Waals surface area contributed by atoms with Crippen LogP contribution in [0.2, 0.25) is 0 Å². The van der Waals surface area contributed by atoms with E-state index in [1.807, 2.05) is 13.0 Å². The van der Waals surface area contributed by atoms with E-state index in [0.717, 1.165) is 17.7 Å². The average Bonchev–Trinajstić information content (AvgIpc) is 2.75. The Bertz CT molecular complexity index is 789. The molecule has 0 aliphatic heterocycles. The molecule has 3 rings (SSSR count). The van der Waals surface area contributed by atoms with Gasteiger partial charge in [0.15, 0.2) is 0 Å². The van der Waals surface area contributed by atoms with E-state index in [1.54, 1.807) is 12.1 Å². The number of hydrogen-bond donors (Lipinski definition) is 1. The van der Waals surface area contributed by atoms with Gasteiger partial charge in [0, 0.05) is 5.41 Å². The predicted octanol–water partition coefficient (Wildman–Crippen LogP) is 5.25. The number of aromatic hydroxyl groups is 1. The highest BCUT2D eigenvalue weighted by molar-refractivity contribution is 5.55. The van der Waals surface area contributed by atoms with Gasteiger partial charge >= 0.3 is 0 Å². The molecule has 1 aliphatic rings. The summed E-state index contributed by atoms with van der Waals surface area (Å²) in [6, 6.07) is 12.4. The fourth-order valence-corrected chi connectivity index (χ4v) is 4.15. The third kappa shape index (κ3) is 2.60. The van der Waals surface area contributed by atoms with Crippen molar-refractivity contribution in [2.45, 2.75) is 44.9 Å². The Balaban J connectivity index is 2.14. The Labute approximate surface area is 144 Å². The quantitative estimate of drug-likeness (QED) is 0.779. The molecule has 1 N–H and O–H groups in total. The second-order valence-electron chi connectivity index (χ2n) is 7.70. The lowest BCUT2D eigenvalue weighted by atomic mass is 9.74. The summed E-state index contributed by atoms with van der Waals surface area (Å²) in [5, 5.41) is 9.88. The first kappa shape index (κ1) is 16.6. The van der Waals surface area contributed by atoms with Gasteiger partial charge < -0.3 is 9.84 Å². The van der Waals surface area contributed by atoms with Crippen LogP contribution >= 0.6 is 0 Å². The van der Waals surface area contributed by atoms with Gasteiger partial charge in [0.1, 0.15) is 18.1 Å². The van der Waals surface area contributed by atoms with Crippen LogP contribution in [0.5, 0.6) is 11.5 Å². The number of aryl methyl sites for hydroxylation is 1. The molecule has 24 heavy (non-hydrogen) atoms. The van der Waals surface area contributed by atoms with Gasteiger partial charge in [0.25, 0.3) is 0 Å². The van der Waals surface area contributed by atoms with Gasteiger partial charge in [0.2, 0.25) is 0 Å². The molecular formula is C22H26O2. The first-order valence-electron chi connectivity index (χ1n) is 8.47. The maximum Gasteiger partial charge on any atom is 0.120 e. The molecular weight excluding hydrogens is 296 g/mol. The summed E-state index contributed by atoms with van der Waals surface area (Å²) in [7, 11) is 0. The van der Waals surface area contributed by atoms with Gasteiger partial charge in [0.05, 0.1) is 0 Å². The number of hydrogen-bond acceptors (Lipinski definition) is 2. The number of phenols is 1. The summed E-state index contributed by atoms with van der Waals surface area (Å²) in [6.07, 6.45) is 2.80. The Kier molecular flexibility index (Phi) is 3.95. The van der Waals surface area contributed by atoms with Crippen LogP contribution in [0.1, 0.15) is 49.4 Å². The first-order chi connectivity index (χ1) is 11.3. The van der Waals surface area contributed by atoms with E-state index in [0.29, 0.717) is 12.4 Å². The molecule has 0 saturated carbocycles. The summed E-state index contributed by atoms with van der Waals surface area (Å²) in [5.41, 5.74) is 4.86. The molecule has 0 fully saturated rings. The minimum absolute atomic E-state index is 0.0924. The topological polar surface area (TPSA) is 29.5 Å². The van der Waals surface area contributed by atoms with Crippen LogP contribution in [0.3, 0.4) is 0 Å². The summed E-state index contributed by atoms with van der Waals surface area (Å²) in [5.74, 6) is 1.23. The van der Waals surface area contributed by atoms with E-state index < -0.39 is 0 Å². The van der Waals surface area contributed by atoms with Gasteiger partial charge in [-0.1, -0.05) is 51.6 Å². The number of phenolic OH excluding ortho intramolecular Hbond substituents is 1. The zero-order valence-electron chi connectivity index (χ0n) is 15.0. The van der Waals surface area contributed by atoms with Gasteiger partial charge in [-0.15, -0.1) is 0 Å². The standard InChI is InChI=1S/C22H26O2/c1-6-11-24-17-8-9-18-19(13-17)22(5,14-21(18,3)4)16-7-10-20(23)15(2)12-16/h6-10,12-13,23H,1,11,14H2,2-5H3. The molecule has 0 spiro atoms. The van der Waals surface area contributed by atoms with Gasteiger partial charge in [-0.2, -0.15) is 0 Å². The third-order valence-corrected chi connectivity index (χ3v) is 5.31. The highest BCUT2D eigenvalue weighted by Gasteiger charge is 2.45. The van der Waals surface area contributed by atoms with Crippen molar-refractivity contribution in [1.29, 1.82) is 0 Å². The molecule has 0 amide bonds. The van der Waals surface area contributed by atoms with Gasteiger partial charge in [-0.05, 0) is 59.2 Å². The van der Waals surface area contributed by atoms with E-state index in [9.17, 15) is 5.11 Å². The van der Waals surface area contributed by atoms with Crippen molar-refractivity contribution in [3.05, 3.63) is 71.3 Å².